The molecule has 0 aliphatic rings. The van der Waals surface area contributed by atoms with Crippen LogP contribution < -0.4 is 5.73 Å². The molecule has 0 saturated carbocycles. The van der Waals surface area contributed by atoms with Gasteiger partial charge in [-0.15, -0.1) is 0 Å². The molecule has 0 fully saturated rings. The van der Waals surface area contributed by atoms with Gasteiger partial charge in [0.2, 0.25) is 5.91 Å². The second kappa shape index (κ2) is 6.56. The summed E-state index contributed by atoms with van der Waals surface area (Å²) in [7, 11) is 0. The Morgan fingerprint density at radius 2 is 1.93 bits per heavy atom. The van der Waals surface area contributed by atoms with Gasteiger partial charge in [0.05, 0.1) is 17.6 Å². The highest BCUT2D eigenvalue weighted by Gasteiger charge is 2.17. The fourth-order valence-corrected chi connectivity index (χ4v) is 3.72. The van der Waals surface area contributed by atoms with Crippen molar-refractivity contribution in [3.63, 3.8) is 0 Å². The van der Waals surface area contributed by atoms with Gasteiger partial charge >= 0.3 is 0 Å². The van der Waals surface area contributed by atoms with Gasteiger partial charge in [0.15, 0.2) is 0 Å². The van der Waals surface area contributed by atoms with Gasteiger partial charge < -0.3 is 15.4 Å². The number of carbonyl (C=O) groups excluding carboxylic acids is 1. The van der Waals surface area contributed by atoms with Crippen LogP contribution in [0.25, 0.3) is 21.8 Å². The number of hydrogen-bond donors (Lipinski definition) is 2. The summed E-state index contributed by atoms with van der Waals surface area (Å²) in [6, 6.07) is 18.9. The predicted molar refractivity (Wildman–Crippen MR) is 108 cm³/mol. The third kappa shape index (κ3) is 2.78. The second-order valence-corrected chi connectivity index (χ2v) is 6.94. The van der Waals surface area contributed by atoms with Crippen LogP contribution in [0.15, 0.2) is 48.5 Å². The van der Waals surface area contributed by atoms with Crippen molar-refractivity contribution < 1.29 is 9.90 Å². The molecule has 0 spiro atoms. The summed E-state index contributed by atoms with van der Waals surface area (Å²) in [6.07, 6.45) is 0. The molecule has 1 heterocycles. The highest BCUT2D eigenvalue weighted by molar-refractivity contribution is 6.17. The minimum Gasteiger partial charge on any atom is -0.392 e. The van der Waals surface area contributed by atoms with Gasteiger partial charge in [-0.3, -0.25) is 4.79 Å². The van der Waals surface area contributed by atoms with E-state index in [0.717, 1.165) is 27.4 Å². The Morgan fingerprint density at radius 1 is 1.15 bits per heavy atom. The molecule has 0 unspecified atom stereocenters. The quantitative estimate of drug-likeness (QED) is 0.582. The molecule has 3 N–H and O–H groups in total. The lowest BCUT2D eigenvalue weighted by atomic mass is 10.0. The lowest BCUT2D eigenvalue weighted by molar-refractivity contribution is 0.100. The van der Waals surface area contributed by atoms with Crippen molar-refractivity contribution in [1.82, 2.24) is 4.57 Å². The SMILES string of the molecule is Cc1cccc(Cn2c3cc(CO)c[c]c3c3c(C(N)=O)cccc32)c1C. The van der Waals surface area contributed by atoms with Crippen LogP contribution in [-0.4, -0.2) is 15.6 Å². The predicted octanol–water partition coefficient (Wildman–Crippen LogP) is 3.85. The van der Waals surface area contributed by atoms with Gasteiger partial charge in [-0.25, -0.2) is 0 Å². The van der Waals surface area contributed by atoms with Gasteiger partial charge in [-0.2, -0.15) is 0 Å². The number of nitrogens with two attached hydrogens (primary N) is 1. The molecule has 1 amide bonds. The average Bonchev–Trinajstić information content (AvgIpc) is 2.98. The van der Waals surface area contributed by atoms with E-state index in [4.69, 9.17) is 5.73 Å². The number of primary amides is 1. The highest BCUT2D eigenvalue weighted by atomic mass is 16.3. The Hall–Kier alpha value is -3.11. The lowest BCUT2D eigenvalue weighted by Gasteiger charge is -2.12. The van der Waals surface area contributed by atoms with E-state index in [9.17, 15) is 9.90 Å². The van der Waals surface area contributed by atoms with Crippen LogP contribution in [0.4, 0.5) is 0 Å². The summed E-state index contributed by atoms with van der Waals surface area (Å²) >= 11 is 0. The third-order valence-electron chi connectivity index (χ3n) is 5.35. The van der Waals surface area contributed by atoms with Crippen LogP contribution >= 0.6 is 0 Å². The Labute approximate surface area is 157 Å². The van der Waals surface area contributed by atoms with E-state index in [1.54, 1.807) is 12.1 Å². The number of hydrogen-bond acceptors (Lipinski definition) is 2. The summed E-state index contributed by atoms with van der Waals surface area (Å²) in [4.78, 5) is 12.0. The number of carbonyl (C=O) groups is 1. The first-order chi connectivity index (χ1) is 13.0. The van der Waals surface area contributed by atoms with Gasteiger partial charge in [0.25, 0.3) is 0 Å². The number of amides is 1. The minimum atomic E-state index is -0.453. The summed E-state index contributed by atoms with van der Waals surface area (Å²) in [5, 5.41) is 11.2. The fourth-order valence-electron chi connectivity index (χ4n) is 3.72. The topological polar surface area (TPSA) is 68.2 Å². The van der Waals surface area contributed by atoms with Gasteiger partial charge in [0, 0.05) is 22.9 Å². The zero-order valence-corrected chi connectivity index (χ0v) is 15.4. The van der Waals surface area contributed by atoms with E-state index in [2.05, 4.69) is 42.7 Å². The molecule has 1 radical (unpaired) electrons. The molecule has 0 saturated heterocycles. The van der Waals surface area contributed by atoms with Crippen LogP contribution in [0.3, 0.4) is 0 Å². The number of nitrogens with zero attached hydrogens (tertiary/aromatic N) is 1. The maximum atomic E-state index is 12.0. The Balaban J connectivity index is 2.06. The van der Waals surface area contributed by atoms with E-state index in [1.807, 2.05) is 18.2 Å². The number of aliphatic hydroxyl groups is 1. The largest absolute Gasteiger partial charge is 0.392 e. The van der Waals surface area contributed by atoms with Crippen LogP contribution in [0.2, 0.25) is 0 Å². The number of aromatic nitrogens is 1. The van der Waals surface area contributed by atoms with Gasteiger partial charge in [0.1, 0.15) is 0 Å². The summed E-state index contributed by atoms with van der Waals surface area (Å²) < 4.78 is 2.18. The smallest absolute Gasteiger partial charge is 0.249 e. The van der Waals surface area contributed by atoms with Crippen LogP contribution in [-0.2, 0) is 13.2 Å². The van der Waals surface area contributed by atoms with Crippen molar-refractivity contribution in [2.45, 2.75) is 27.0 Å². The number of rotatable bonds is 4. The summed E-state index contributed by atoms with van der Waals surface area (Å²) in [5.41, 5.74) is 12.5. The average molecular weight is 357 g/mol. The van der Waals surface area contributed by atoms with Crippen molar-refractivity contribution in [3.05, 3.63) is 82.4 Å². The lowest BCUT2D eigenvalue weighted by Crippen LogP contribution is -2.11. The fraction of sp³-hybridized carbons (Fsp3) is 0.174. The van der Waals surface area contributed by atoms with Crippen molar-refractivity contribution in [3.8, 4) is 0 Å². The molecule has 0 aliphatic heterocycles. The summed E-state index contributed by atoms with van der Waals surface area (Å²) in [5.74, 6) is -0.453. The van der Waals surface area contributed by atoms with E-state index < -0.39 is 5.91 Å². The van der Waals surface area contributed by atoms with E-state index >= 15 is 0 Å². The molecule has 27 heavy (non-hydrogen) atoms. The van der Waals surface area contributed by atoms with E-state index in [-0.39, 0.29) is 6.61 Å². The zero-order valence-electron chi connectivity index (χ0n) is 15.4. The summed E-state index contributed by atoms with van der Waals surface area (Å²) in [6.45, 7) is 4.84. The van der Waals surface area contributed by atoms with Crippen molar-refractivity contribution in [2.75, 3.05) is 0 Å². The maximum absolute atomic E-state index is 12.0. The molecular weight excluding hydrogens is 336 g/mol. The normalized spacial score (nSPS) is 11.4. The number of fused-ring (bicyclic) bond motifs is 3. The first kappa shape index (κ1) is 17.3. The minimum absolute atomic E-state index is 0.0554. The molecule has 0 aliphatic carbocycles. The highest BCUT2D eigenvalue weighted by Crippen LogP contribution is 2.33. The second-order valence-electron chi connectivity index (χ2n) is 6.94. The molecule has 4 rings (SSSR count). The van der Waals surface area contributed by atoms with Crippen LogP contribution in [0, 0.1) is 19.9 Å². The van der Waals surface area contributed by atoms with Gasteiger partial charge in [-0.1, -0.05) is 24.3 Å². The number of aliphatic hydroxyl groups excluding tert-OH is 1. The Bertz CT molecular complexity index is 1190. The van der Waals surface area contributed by atoms with Crippen molar-refractivity contribution >= 4 is 27.7 Å². The first-order valence-corrected chi connectivity index (χ1v) is 8.92. The zero-order chi connectivity index (χ0) is 19.1. The van der Waals surface area contributed by atoms with E-state index in [0.29, 0.717) is 12.1 Å². The molecule has 3 aromatic carbocycles. The van der Waals surface area contributed by atoms with Crippen molar-refractivity contribution in [1.29, 1.82) is 0 Å². The van der Waals surface area contributed by atoms with Gasteiger partial charge in [-0.05, 0) is 66.4 Å². The molecule has 4 aromatic rings. The Morgan fingerprint density at radius 3 is 2.67 bits per heavy atom. The number of benzene rings is 3. The molecule has 0 bridgehead atoms. The standard InChI is InChI=1S/C23H21N2O2/c1-14-5-3-6-17(15(14)2)12-25-20-8-4-7-19(23(24)27)22(20)18-10-9-16(13-26)11-21(18)25/h3-9,11,26H,12-13H2,1-2H3,(H2,24,27). The monoisotopic (exact) mass is 357 g/mol. The molecule has 4 nitrogen and oxygen atoms in total. The van der Waals surface area contributed by atoms with E-state index in [1.165, 1.54) is 16.7 Å². The molecule has 135 valence electrons. The molecule has 4 heteroatoms. The molecule has 1 aromatic heterocycles. The number of aryl methyl sites for hydroxylation is 1. The first-order valence-electron chi connectivity index (χ1n) is 8.92. The maximum Gasteiger partial charge on any atom is 0.249 e. The Kier molecular flexibility index (Phi) is 4.21. The third-order valence-corrected chi connectivity index (χ3v) is 5.35. The molecular formula is C23H21N2O2. The van der Waals surface area contributed by atoms with Crippen molar-refractivity contribution in [2.24, 2.45) is 5.73 Å². The van der Waals surface area contributed by atoms with Crippen LogP contribution in [0.1, 0.15) is 32.6 Å². The van der Waals surface area contributed by atoms with Crippen LogP contribution in [0.5, 0.6) is 0 Å². The molecule has 0 atom stereocenters.